The summed E-state index contributed by atoms with van der Waals surface area (Å²) in [5, 5.41) is 11.0. The lowest BCUT2D eigenvalue weighted by Gasteiger charge is -1.98. The third-order valence-electron chi connectivity index (χ3n) is 3.17. The number of thiocarbonyl (C=S) groups is 1. The number of azo groups is 1. The third kappa shape index (κ3) is 3.09. The molecule has 23 heavy (non-hydrogen) atoms. The van der Waals surface area contributed by atoms with Crippen LogP contribution < -0.4 is 11.3 Å². The predicted octanol–water partition coefficient (Wildman–Crippen LogP) is 3.35. The molecule has 7 heteroatoms. The number of nitrogens with zero attached hydrogens (tertiary/aromatic N) is 3. The summed E-state index contributed by atoms with van der Waals surface area (Å²) in [6, 6.07) is 18.5. The van der Waals surface area contributed by atoms with Gasteiger partial charge in [-0.1, -0.05) is 48.5 Å². The molecule has 0 amide bonds. The molecular formula is C16H13N5OS. The van der Waals surface area contributed by atoms with Gasteiger partial charge in [0.1, 0.15) is 0 Å². The Kier molecular flexibility index (Phi) is 4.11. The van der Waals surface area contributed by atoms with Crippen LogP contribution in [0.2, 0.25) is 0 Å². The molecule has 0 bridgehead atoms. The van der Waals surface area contributed by atoms with Crippen LogP contribution in [0.1, 0.15) is 0 Å². The number of hydrogen-bond acceptors (Lipinski definition) is 4. The third-order valence-corrected chi connectivity index (χ3v) is 3.35. The molecule has 0 aliphatic rings. The lowest BCUT2D eigenvalue weighted by Crippen LogP contribution is -2.29. The minimum absolute atomic E-state index is 0.0756. The molecule has 1 heterocycles. The van der Waals surface area contributed by atoms with E-state index in [0.717, 1.165) is 10.2 Å². The normalized spacial score (nSPS) is 11.0. The second-order valence-electron chi connectivity index (χ2n) is 4.72. The number of nitrogens with one attached hydrogen (secondary N) is 1. The van der Waals surface area contributed by atoms with E-state index >= 15 is 0 Å². The van der Waals surface area contributed by atoms with Gasteiger partial charge in [0, 0.05) is 5.56 Å². The molecule has 0 spiro atoms. The fourth-order valence-electron chi connectivity index (χ4n) is 2.08. The number of hydrogen-bond donors (Lipinski definition) is 2. The van der Waals surface area contributed by atoms with E-state index in [2.05, 4.69) is 15.3 Å². The predicted molar refractivity (Wildman–Crippen MR) is 93.3 cm³/mol. The van der Waals surface area contributed by atoms with E-state index in [1.165, 1.54) is 0 Å². The molecule has 0 atom stereocenters. The number of benzene rings is 2. The number of rotatable bonds is 3. The summed E-state index contributed by atoms with van der Waals surface area (Å²) in [6.07, 6.45) is 0. The van der Waals surface area contributed by atoms with Crippen LogP contribution in [0.5, 0.6) is 0 Å². The molecule has 0 aliphatic carbocycles. The van der Waals surface area contributed by atoms with Crippen molar-refractivity contribution in [1.29, 1.82) is 0 Å². The lowest BCUT2D eigenvalue weighted by atomic mass is 10.1. The van der Waals surface area contributed by atoms with Gasteiger partial charge in [-0.15, -0.1) is 5.11 Å². The Hall–Kier alpha value is -3.06. The van der Waals surface area contributed by atoms with Gasteiger partial charge in [0.2, 0.25) is 0 Å². The Balaban J connectivity index is 2.13. The molecule has 0 aliphatic heterocycles. The monoisotopic (exact) mass is 323 g/mol. The van der Waals surface area contributed by atoms with Crippen LogP contribution in [0.4, 0.5) is 11.4 Å². The van der Waals surface area contributed by atoms with Crippen molar-refractivity contribution in [2.45, 2.75) is 0 Å². The van der Waals surface area contributed by atoms with E-state index in [1.807, 2.05) is 48.5 Å². The standard InChI is InChI=1S/C16H13N5OS/c17-16(23)21-15(22)14(19-18-12-9-5-2-6-10-12)13(20-21)11-7-3-1-4-8-11/h1-10,20H,(H2,17,23). The van der Waals surface area contributed by atoms with Gasteiger partial charge in [0.15, 0.2) is 10.8 Å². The molecule has 3 aromatic rings. The summed E-state index contributed by atoms with van der Waals surface area (Å²) in [7, 11) is 0. The highest BCUT2D eigenvalue weighted by Gasteiger charge is 2.16. The second-order valence-corrected chi connectivity index (χ2v) is 5.13. The van der Waals surface area contributed by atoms with Crippen molar-refractivity contribution in [2.24, 2.45) is 16.0 Å². The number of aromatic amines is 1. The van der Waals surface area contributed by atoms with Crippen molar-refractivity contribution in [3.8, 4) is 11.3 Å². The first-order valence-corrected chi connectivity index (χ1v) is 7.24. The average molecular weight is 323 g/mol. The maximum absolute atomic E-state index is 12.4. The Morgan fingerprint density at radius 2 is 1.61 bits per heavy atom. The van der Waals surface area contributed by atoms with Crippen LogP contribution in [-0.2, 0) is 0 Å². The van der Waals surface area contributed by atoms with E-state index in [-0.39, 0.29) is 10.8 Å². The van der Waals surface area contributed by atoms with E-state index in [1.54, 1.807) is 12.1 Å². The van der Waals surface area contributed by atoms with E-state index in [4.69, 9.17) is 18.0 Å². The van der Waals surface area contributed by atoms with Gasteiger partial charge in [-0.3, -0.25) is 9.89 Å². The Morgan fingerprint density at radius 3 is 2.22 bits per heavy atom. The Morgan fingerprint density at radius 1 is 1.00 bits per heavy atom. The highest BCUT2D eigenvalue weighted by molar-refractivity contribution is 7.80. The zero-order valence-corrected chi connectivity index (χ0v) is 12.8. The van der Waals surface area contributed by atoms with Crippen LogP contribution in [0, 0.1) is 0 Å². The minimum atomic E-state index is -0.434. The van der Waals surface area contributed by atoms with Gasteiger partial charge in [-0.25, -0.2) is 0 Å². The summed E-state index contributed by atoms with van der Waals surface area (Å²) in [6.45, 7) is 0. The first-order chi connectivity index (χ1) is 11.2. The Labute approximate surface area is 137 Å². The van der Waals surface area contributed by atoms with Crippen LogP contribution >= 0.6 is 12.2 Å². The molecule has 114 valence electrons. The second kappa shape index (κ2) is 6.37. The van der Waals surface area contributed by atoms with Crippen molar-refractivity contribution in [2.75, 3.05) is 0 Å². The fraction of sp³-hybridized carbons (Fsp3) is 0. The molecule has 3 rings (SSSR count). The average Bonchev–Trinajstić information content (AvgIpc) is 2.91. The summed E-state index contributed by atoms with van der Waals surface area (Å²) < 4.78 is 1.08. The number of nitrogens with two attached hydrogens (primary N) is 1. The first kappa shape index (κ1) is 14.9. The molecule has 1 aromatic heterocycles. The van der Waals surface area contributed by atoms with Crippen LogP contribution in [0.25, 0.3) is 11.3 Å². The first-order valence-electron chi connectivity index (χ1n) is 6.84. The Bertz CT molecular complexity index is 913. The minimum Gasteiger partial charge on any atom is -0.374 e. The van der Waals surface area contributed by atoms with E-state index in [0.29, 0.717) is 11.4 Å². The van der Waals surface area contributed by atoms with Gasteiger partial charge in [-0.2, -0.15) is 9.80 Å². The van der Waals surface area contributed by atoms with Crippen molar-refractivity contribution in [3.63, 3.8) is 0 Å². The molecular weight excluding hydrogens is 310 g/mol. The van der Waals surface area contributed by atoms with Gasteiger partial charge in [0.05, 0.1) is 11.4 Å². The molecule has 0 radical (unpaired) electrons. The summed E-state index contributed by atoms with van der Waals surface area (Å²) in [5.74, 6) is 0. The van der Waals surface area contributed by atoms with Gasteiger partial charge in [-0.05, 0) is 24.4 Å². The van der Waals surface area contributed by atoms with Gasteiger partial charge < -0.3 is 5.73 Å². The van der Waals surface area contributed by atoms with E-state index in [9.17, 15) is 4.79 Å². The molecule has 6 nitrogen and oxygen atoms in total. The maximum Gasteiger partial charge on any atom is 0.301 e. The highest BCUT2D eigenvalue weighted by atomic mass is 32.1. The van der Waals surface area contributed by atoms with Crippen molar-refractivity contribution >= 4 is 28.7 Å². The van der Waals surface area contributed by atoms with Gasteiger partial charge in [0.25, 0.3) is 0 Å². The lowest BCUT2D eigenvalue weighted by molar-refractivity contribution is 0.910. The smallest absolute Gasteiger partial charge is 0.301 e. The molecule has 0 unspecified atom stereocenters. The quantitative estimate of drug-likeness (QED) is 0.572. The number of aromatic nitrogens is 2. The van der Waals surface area contributed by atoms with Crippen LogP contribution in [0.3, 0.4) is 0 Å². The molecule has 0 fully saturated rings. The largest absolute Gasteiger partial charge is 0.374 e. The zero-order chi connectivity index (χ0) is 16.2. The summed E-state index contributed by atoms with van der Waals surface area (Å²) in [5.41, 5.74) is 7.26. The summed E-state index contributed by atoms with van der Waals surface area (Å²) in [4.78, 5) is 12.4. The molecule has 0 saturated heterocycles. The topological polar surface area (TPSA) is 88.5 Å². The van der Waals surface area contributed by atoms with E-state index < -0.39 is 5.56 Å². The SMILES string of the molecule is NC(=S)n1[nH]c(-c2ccccc2)c(N=Nc2ccccc2)c1=O. The zero-order valence-electron chi connectivity index (χ0n) is 12.0. The van der Waals surface area contributed by atoms with Gasteiger partial charge >= 0.3 is 5.56 Å². The molecule has 0 saturated carbocycles. The summed E-state index contributed by atoms with van der Waals surface area (Å²) >= 11 is 4.89. The maximum atomic E-state index is 12.4. The number of H-pyrrole nitrogens is 1. The van der Waals surface area contributed by atoms with Crippen molar-refractivity contribution < 1.29 is 0 Å². The van der Waals surface area contributed by atoms with Crippen molar-refractivity contribution in [1.82, 2.24) is 9.78 Å². The fourth-order valence-corrected chi connectivity index (χ4v) is 2.21. The molecule has 3 N–H and O–H groups in total. The van der Waals surface area contributed by atoms with Crippen molar-refractivity contribution in [3.05, 3.63) is 71.0 Å². The molecule has 2 aromatic carbocycles. The van der Waals surface area contributed by atoms with Crippen LogP contribution in [0.15, 0.2) is 75.7 Å². The van der Waals surface area contributed by atoms with Crippen LogP contribution in [-0.4, -0.2) is 14.9 Å². The highest BCUT2D eigenvalue weighted by Crippen LogP contribution is 2.26.